The van der Waals surface area contributed by atoms with E-state index in [1.54, 1.807) is 0 Å². The molecule has 0 amide bonds. The molecular weight excluding hydrogens is 579 g/mol. The molecule has 1 aromatic heterocycles. The standard InChI is InChI=1S/C47H33N/c1-47(2)44-17-9-7-15-39(44)40-25-23-32(27-45(40)47)30-19-21-31(22-20-30)43-29-48(46-18-10-8-16-41(43)46)33-24-26-38-36-13-4-3-11-34(36)35-12-5-6-14-37(35)42(38)28-33/h3-29H,1-2H3. The topological polar surface area (TPSA) is 4.93 Å². The highest BCUT2D eigenvalue weighted by molar-refractivity contribution is 6.25. The van der Waals surface area contributed by atoms with Crippen LogP contribution in [0.15, 0.2) is 164 Å². The molecule has 10 rings (SSSR count). The van der Waals surface area contributed by atoms with E-state index >= 15 is 0 Å². The lowest BCUT2D eigenvalue weighted by molar-refractivity contribution is 0.660. The molecule has 1 heterocycles. The molecule has 9 aromatic rings. The van der Waals surface area contributed by atoms with Crippen LogP contribution in [0.5, 0.6) is 0 Å². The van der Waals surface area contributed by atoms with Gasteiger partial charge in [0.2, 0.25) is 0 Å². The Bertz CT molecular complexity index is 2700. The van der Waals surface area contributed by atoms with Crippen LogP contribution in [0.25, 0.3) is 82.3 Å². The lowest BCUT2D eigenvalue weighted by Crippen LogP contribution is -2.14. The normalized spacial score (nSPS) is 13.4. The Hall–Kier alpha value is -5.92. The summed E-state index contributed by atoms with van der Waals surface area (Å²) in [7, 11) is 0. The minimum Gasteiger partial charge on any atom is -0.316 e. The number of hydrogen-bond donors (Lipinski definition) is 0. The quantitative estimate of drug-likeness (QED) is 0.175. The van der Waals surface area contributed by atoms with Crippen LogP contribution >= 0.6 is 0 Å². The average molecular weight is 612 g/mol. The van der Waals surface area contributed by atoms with Crippen molar-refractivity contribution in [3.8, 4) is 39.1 Å². The van der Waals surface area contributed by atoms with E-state index in [1.165, 1.54) is 93.4 Å². The van der Waals surface area contributed by atoms with Crippen LogP contribution in [-0.2, 0) is 5.41 Å². The van der Waals surface area contributed by atoms with Gasteiger partial charge in [-0.3, -0.25) is 0 Å². The Morgan fingerprint density at radius 3 is 1.65 bits per heavy atom. The molecule has 1 aliphatic rings. The molecule has 8 aromatic carbocycles. The van der Waals surface area contributed by atoms with Crippen molar-refractivity contribution in [2.45, 2.75) is 19.3 Å². The first-order valence-electron chi connectivity index (χ1n) is 16.9. The molecule has 48 heavy (non-hydrogen) atoms. The van der Waals surface area contributed by atoms with Crippen LogP contribution in [0.1, 0.15) is 25.0 Å². The van der Waals surface area contributed by atoms with Crippen LogP contribution in [0.2, 0.25) is 0 Å². The molecule has 0 N–H and O–H groups in total. The van der Waals surface area contributed by atoms with Crippen LogP contribution in [0.3, 0.4) is 0 Å². The van der Waals surface area contributed by atoms with Crippen molar-refractivity contribution in [2.75, 3.05) is 0 Å². The Balaban J connectivity index is 1.08. The van der Waals surface area contributed by atoms with Crippen LogP contribution in [0, 0.1) is 0 Å². The van der Waals surface area contributed by atoms with E-state index in [2.05, 4.69) is 182 Å². The Morgan fingerprint density at radius 1 is 0.375 bits per heavy atom. The molecule has 1 heteroatoms. The zero-order valence-corrected chi connectivity index (χ0v) is 27.0. The van der Waals surface area contributed by atoms with Gasteiger partial charge in [0, 0.05) is 28.2 Å². The van der Waals surface area contributed by atoms with E-state index < -0.39 is 0 Å². The van der Waals surface area contributed by atoms with Gasteiger partial charge in [-0.1, -0.05) is 147 Å². The highest BCUT2D eigenvalue weighted by atomic mass is 15.0. The first-order valence-corrected chi connectivity index (χ1v) is 16.9. The van der Waals surface area contributed by atoms with Crippen molar-refractivity contribution in [3.05, 3.63) is 175 Å². The number of aromatic nitrogens is 1. The zero-order valence-electron chi connectivity index (χ0n) is 27.0. The van der Waals surface area contributed by atoms with E-state index in [9.17, 15) is 0 Å². The predicted molar refractivity (Wildman–Crippen MR) is 204 cm³/mol. The van der Waals surface area contributed by atoms with Crippen molar-refractivity contribution in [3.63, 3.8) is 0 Å². The summed E-state index contributed by atoms with van der Waals surface area (Å²) < 4.78 is 2.36. The number of benzene rings is 8. The van der Waals surface area contributed by atoms with E-state index in [4.69, 9.17) is 0 Å². The minimum atomic E-state index is -0.00808. The molecule has 0 spiro atoms. The summed E-state index contributed by atoms with van der Waals surface area (Å²) in [5, 5.41) is 9.02. The third-order valence-electron chi connectivity index (χ3n) is 10.8. The van der Waals surface area contributed by atoms with Gasteiger partial charge in [-0.25, -0.2) is 0 Å². The summed E-state index contributed by atoms with van der Waals surface area (Å²) in [6.07, 6.45) is 2.32. The number of rotatable bonds is 3. The van der Waals surface area contributed by atoms with E-state index in [0.29, 0.717) is 0 Å². The van der Waals surface area contributed by atoms with Gasteiger partial charge in [0.15, 0.2) is 0 Å². The molecule has 0 bridgehead atoms. The second kappa shape index (κ2) is 10.0. The molecule has 0 atom stereocenters. The van der Waals surface area contributed by atoms with Gasteiger partial charge in [-0.2, -0.15) is 0 Å². The molecule has 0 fully saturated rings. The van der Waals surface area contributed by atoms with Crippen molar-refractivity contribution < 1.29 is 0 Å². The lowest BCUT2D eigenvalue weighted by Gasteiger charge is -2.22. The van der Waals surface area contributed by atoms with Gasteiger partial charge in [0.05, 0.1) is 5.52 Å². The minimum absolute atomic E-state index is 0.00808. The van der Waals surface area contributed by atoms with Gasteiger partial charge < -0.3 is 4.57 Å². The highest BCUT2D eigenvalue weighted by Crippen LogP contribution is 2.49. The number of nitrogens with zero attached hydrogens (tertiary/aromatic N) is 1. The summed E-state index contributed by atoms with van der Waals surface area (Å²) in [5.41, 5.74) is 12.9. The van der Waals surface area contributed by atoms with Crippen molar-refractivity contribution in [1.29, 1.82) is 0 Å². The maximum Gasteiger partial charge on any atom is 0.0534 e. The number of hydrogen-bond acceptors (Lipinski definition) is 0. The van der Waals surface area contributed by atoms with Crippen LogP contribution < -0.4 is 0 Å². The van der Waals surface area contributed by atoms with Gasteiger partial charge in [0.1, 0.15) is 0 Å². The molecule has 1 nitrogen and oxygen atoms in total. The summed E-state index contributed by atoms with van der Waals surface area (Å²) in [4.78, 5) is 0. The van der Waals surface area contributed by atoms with Crippen LogP contribution in [-0.4, -0.2) is 4.57 Å². The molecule has 0 radical (unpaired) electrons. The predicted octanol–water partition coefficient (Wildman–Crippen LogP) is 12.7. The fourth-order valence-corrected chi connectivity index (χ4v) is 8.39. The maximum atomic E-state index is 2.41. The van der Waals surface area contributed by atoms with E-state index in [-0.39, 0.29) is 5.41 Å². The second-order valence-corrected chi connectivity index (χ2v) is 13.8. The number of para-hydroxylation sites is 1. The summed E-state index contributed by atoms with van der Waals surface area (Å²) in [6, 6.07) is 58.3. The molecule has 0 saturated carbocycles. The molecule has 0 unspecified atom stereocenters. The molecule has 0 saturated heterocycles. The average Bonchev–Trinajstić information content (AvgIpc) is 3.64. The van der Waals surface area contributed by atoms with E-state index in [0.717, 1.165) is 0 Å². The van der Waals surface area contributed by atoms with Crippen molar-refractivity contribution >= 4 is 43.2 Å². The maximum absolute atomic E-state index is 2.41. The molecule has 1 aliphatic carbocycles. The fraction of sp³-hybridized carbons (Fsp3) is 0.0638. The Morgan fingerprint density at radius 2 is 0.917 bits per heavy atom. The van der Waals surface area contributed by atoms with Crippen LogP contribution in [0.4, 0.5) is 0 Å². The molecule has 0 aliphatic heterocycles. The molecular formula is C47H33N. The third-order valence-corrected chi connectivity index (χ3v) is 10.8. The van der Waals surface area contributed by atoms with Gasteiger partial charge >= 0.3 is 0 Å². The third kappa shape index (κ3) is 3.85. The summed E-state index contributed by atoms with van der Waals surface area (Å²) in [5.74, 6) is 0. The van der Waals surface area contributed by atoms with E-state index in [1.807, 2.05) is 0 Å². The number of fused-ring (bicyclic) bond motifs is 10. The highest BCUT2D eigenvalue weighted by Gasteiger charge is 2.35. The van der Waals surface area contributed by atoms with Gasteiger partial charge in [-0.15, -0.1) is 0 Å². The first kappa shape index (κ1) is 27.2. The Kier molecular flexibility index (Phi) is 5.69. The summed E-state index contributed by atoms with van der Waals surface area (Å²) in [6.45, 7) is 4.70. The monoisotopic (exact) mass is 611 g/mol. The van der Waals surface area contributed by atoms with Crippen molar-refractivity contribution in [1.82, 2.24) is 4.57 Å². The Labute approximate surface area is 280 Å². The molecule has 226 valence electrons. The lowest BCUT2D eigenvalue weighted by atomic mass is 9.81. The largest absolute Gasteiger partial charge is 0.316 e. The first-order chi connectivity index (χ1) is 23.6. The SMILES string of the molecule is CC1(C)c2ccccc2-c2ccc(-c3ccc(-c4cn(-c5ccc6c7ccccc7c7ccccc7c6c5)c5ccccc45)cc3)cc21. The summed E-state index contributed by atoms with van der Waals surface area (Å²) >= 11 is 0. The zero-order chi connectivity index (χ0) is 32.0. The smallest absolute Gasteiger partial charge is 0.0534 e. The van der Waals surface area contributed by atoms with Gasteiger partial charge in [-0.05, 0) is 95.5 Å². The fourth-order valence-electron chi connectivity index (χ4n) is 8.39. The second-order valence-electron chi connectivity index (χ2n) is 13.8. The van der Waals surface area contributed by atoms with Crippen molar-refractivity contribution in [2.24, 2.45) is 0 Å². The van der Waals surface area contributed by atoms with Gasteiger partial charge in [0.25, 0.3) is 0 Å².